The van der Waals surface area contributed by atoms with Crippen LogP contribution in [0.2, 0.25) is 0 Å². The Hall–Kier alpha value is -3.55. The number of rotatable bonds is 4. The molecule has 1 aromatic heterocycles. The monoisotopic (exact) mass is 337 g/mol. The van der Waals surface area contributed by atoms with Crippen molar-refractivity contribution in [3.8, 4) is 5.69 Å². The van der Waals surface area contributed by atoms with Crippen LogP contribution in [-0.4, -0.2) is 25.6 Å². The molecule has 0 atom stereocenters. The molecule has 1 N–H and O–H groups in total. The minimum Gasteiger partial charge on any atom is -0.322 e. The highest BCUT2D eigenvalue weighted by Gasteiger charge is 2.19. The normalized spacial score (nSPS) is 10.5. The summed E-state index contributed by atoms with van der Waals surface area (Å²) in [6.07, 6.45) is 2.64. The summed E-state index contributed by atoms with van der Waals surface area (Å²) < 4.78 is 1.28. The van der Waals surface area contributed by atoms with E-state index in [2.05, 4.69) is 15.4 Å². The lowest BCUT2D eigenvalue weighted by molar-refractivity contribution is -0.384. The third-order valence-corrected chi connectivity index (χ3v) is 3.74. The fourth-order valence-corrected chi connectivity index (χ4v) is 2.40. The molecule has 0 saturated heterocycles. The maximum Gasteiger partial charge on any atom is 0.295 e. The molecule has 3 aromatic rings. The number of benzene rings is 2. The molecule has 0 radical (unpaired) electrons. The summed E-state index contributed by atoms with van der Waals surface area (Å²) in [6.45, 7) is 3.80. The fourth-order valence-electron chi connectivity index (χ4n) is 2.40. The van der Waals surface area contributed by atoms with Crippen LogP contribution in [-0.2, 0) is 0 Å². The van der Waals surface area contributed by atoms with E-state index in [1.165, 1.54) is 35.5 Å². The standard InChI is InChI=1S/C17H15N5O3/c1-11-3-4-12(2)14(7-11)20-17(23)13-5-6-15(16(8-13)22(24)25)21-10-18-9-19-21/h3-10H,1-2H3,(H,20,23). The number of carbonyl (C=O) groups excluding carboxylic acids is 1. The topological polar surface area (TPSA) is 103 Å². The Labute approximate surface area is 143 Å². The van der Waals surface area contributed by atoms with Crippen LogP contribution in [0.25, 0.3) is 5.69 Å². The molecule has 126 valence electrons. The Balaban J connectivity index is 1.95. The third-order valence-electron chi connectivity index (χ3n) is 3.74. The minimum absolute atomic E-state index is 0.191. The number of hydrogen-bond acceptors (Lipinski definition) is 5. The van der Waals surface area contributed by atoms with Gasteiger partial charge in [0.05, 0.1) is 4.92 Å². The fraction of sp³-hybridized carbons (Fsp3) is 0.118. The van der Waals surface area contributed by atoms with Crippen LogP contribution >= 0.6 is 0 Å². The van der Waals surface area contributed by atoms with Gasteiger partial charge in [0.25, 0.3) is 11.6 Å². The quantitative estimate of drug-likeness (QED) is 0.582. The van der Waals surface area contributed by atoms with Crippen LogP contribution in [0.4, 0.5) is 11.4 Å². The Kier molecular flexibility index (Phi) is 4.25. The van der Waals surface area contributed by atoms with Crippen LogP contribution in [0.3, 0.4) is 0 Å². The van der Waals surface area contributed by atoms with Crippen molar-refractivity contribution in [2.75, 3.05) is 5.32 Å². The van der Waals surface area contributed by atoms with Gasteiger partial charge in [-0.2, -0.15) is 5.10 Å². The van der Waals surface area contributed by atoms with Gasteiger partial charge in [-0.05, 0) is 43.2 Å². The first-order chi connectivity index (χ1) is 12.0. The number of nitro groups is 1. The maximum atomic E-state index is 12.5. The predicted octanol–water partition coefficient (Wildman–Crippen LogP) is 3.04. The number of hydrogen-bond donors (Lipinski definition) is 1. The highest BCUT2D eigenvalue weighted by Crippen LogP contribution is 2.24. The van der Waals surface area contributed by atoms with Crippen LogP contribution in [0.15, 0.2) is 49.1 Å². The molecule has 25 heavy (non-hydrogen) atoms. The average Bonchev–Trinajstić information content (AvgIpc) is 3.12. The molecule has 0 unspecified atom stereocenters. The number of carbonyl (C=O) groups is 1. The molecule has 3 rings (SSSR count). The van der Waals surface area contributed by atoms with Gasteiger partial charge < -0.3 is 5.32 Å². The Morgan fingerprint density at radius 3 is 2.68 bits per heavy atom. The van der Waals surface area contributed by atoms with Crippen molar-refractivity contribution < 1.29 is 9.72 Å². The Morgan fingerprint density at radius 2 is 2.00 bits per heavy atom. The number of aryl methyl sites for hydroxylation is 2. The molecule has 0 spiro atoms. The van der Waals surface area contributed by atoms with E-state index >= 15 is 0 Å². The molecule has 0 fully saturated rings. The summed E-state index contributed by atoms with van der Waals surface area (Å²) in [5.41, 5.74) is 2.80. The highest BCUT2D eigenvalue weighted by molar-refractivity contribution is 6.05. The molecule has 0 aliphatic rings. The smallest absolute Gasteiger partial charge is 0.295 e. The summed E-state index contributed by atoms with van der Waals surface area (Å²) in [6, 6.07) is 9.93. The first-order valence-electron chi connectivity index (χ1n) is 7.48. The number of nitrogens with one attached hydrogen (secondary N) is 1. The van der Waals surface area contributed by atoms with E-state index in [9.17, 15) is 14.9 Å². The second-order valence-electron chi connectivity index (χ2n) is 5.57. The van der Waals surface area contributed by atoms with E-state index in [1.807, 2.05) is 32.0 Å². The molecule has 8 nitrogen and oxygen atoms in total. The molecule has 8 heteroatoms. The van der Waals surface area contributed by atoms with Crippen molar-refractivity contribution in [3.05, 3.63) is 75.9 Å². The first kappa shape index (κ1) is 16.3. The van der Waals surface area contributed by atoms with E-state index < -0.39 is 10.8 Å². The number of aromatic nitrogens is 3. The minimum atomic E-state index is -0.550. The molecule has 0 aliphatic carbocycles. The van der Waals surface area contributed by atoms with Crippen molar-refractivity contribution >= 4 is 17.3 Å². The molecule has 0 saturated carbocycles. The van der Waals surface area contributed by atoms with Crippen molar-refractivity contribution in [2.45, 2.75) is 13.8 Å². The lowest BCUT2D eigenvalue weighted by Crippen LogP contribution is -2.14. The van der Waals surface area contributed by atoms with Gasteiger partial charge in [0.2, 0.25) is 0 Å². The molecule has 2 aromatic carbocycles. The molecular weight excluding hydrogens is 322 g/mol. The van der Waals surface area contributed by atoms with Crippen molar-refractivity contribution in [3.63, 3.8) is 0 Å². The van der Waals surface area contributed by atoms with E-state index in [0.717, 1.165) is 11.1 Å². The molecular formula is C17H15N5O3. The van der Waals surface area contributed by atoms with Gasteiger partial charge in [-0.1, -0.05) is 12.1 Å². The summed E-state index contributed by atoms with van der Waals surface area (Å²) >= 11 is 0. The molecule has 1 amide bonds. The van der Waals surface area contributed by atoms with E-state index in [0.29, 0.717) is 5.69 Å². The van der Waals surface area contributed by atoms with E-state index in [4.69, 9.17) is 0 Å². The van der Waals surface area contributed by atoms with Gasteiger partial charge in [0.15, 0.2) is 0 Å². The summed E-state index contributed by atoms with van der Waals surface area (Å²) in [5, 5.41) is 18.0. The predicted molar refractivity (Wildman–Crippen MR) is 91.9 cm³/mol. The number of nitrogens with zero attached hydrogens (tertiary/aromatic N) is 4. The van der Waals surface area contributed by atoms with Crippen LogP contribution in [0, 0.1) is 24.0 Å². The first-order valence-corrected chi connectivity index (χ1v) is 7.48. The number of anilines is 1. The lowest BCUT2D eigenvalue weighted by atomic mass is 10.1. The lowest BCUT2D eigenvalue weighted by Gasteiger charge is -2.10. The zero-order valence-electron chi connectivity index (χ0n) is 13.6. The van der Waals surface area contributed by atoms with E-state index in [-0.39, 0.29) is 16.9 Å². The number of amides is 1. The van der Waals surface area contributed by atoms with E-state index in [1.54, 1.807) is 0 Å². The van der Waals surface area contributed by atoms with Gasteiger partial charge in [-0.3, -0.25) is 14.9 Å². The second-order valence-corrected chi connectivity index (χ2v) is 5.57. The number of nitro benzene ring substituents is 1. The summed E-state index contributed by atoms with van der Waals surface area (Å²) in [7, 11) is 0. The molecule has 0 bridgehead atoms. The molecule has 0 aliphatic heterocycles. The second kappa shape index (κ2) is 6.52. The van der Waals surface area contributed by atoms with Crippen LogP contribution in [0.5, 0.6) is 0 Å². The van der Waals surface area contributed by atoms with Crippen LogP contribution in [0.1, 0.15) is 21.5 Å². The van der Waals surface area contributed by atoms with Gasteiger partial charge in [-0.25, -0.2) is 9.67 Å². The Morgan fingerprint density at radius 1 is 1.20 bits per heavy atom. The van der Waals surface area contributed by atoms with Gasteiger partial charge in [0, 0.05) is 17.3 Å². The highest BCUT2D eigenvalue weighted by atomic mass is 16.6. The summed E-state index contributed by atoms with van der Waals surface area (Å²) in [5.74, 6) is -0.415. The van der Waals surface area contributed by atoms with Gasteiger partial charge in [0.1, 0.15) is 18.3 Å². The SMILES string of the molecule is Cc1ccc(C)c(NC(=O)c2ccc(-n3cncn3)c([N+](=O)[O-])c2)c1. The Bertz CT molecular complexity index is 951. The maximum absolute atomic E-state index is 12.5. The average molecular weight is 337 g/mol. The largest absolute Gasteiger partial charge is 0.322 e. The van der Waals surface area contributed by atoms with Gasteiger partial charge in [-0.15, -0.1) is 0 Å². The van der Waals surface area contributed by atoms with Gasteiger partial charge >= 0.3 is 0 Å². The zero-order chi connectivity index (χ0) is 18.0. The summed E-state index contributed by atoms with van der Waals surface area (Å²) in [4.78, 5) is 27.1. The van der Waals surface area contributed by atoms with Crippen molar-refractivity contribution in [1.82, 2.24) is 14.8 Å². The molecule has 1 heterocycles. The van der Waals surface area contributed by atoms with Crippen molar-refractivity contribution in [1.29, 1.82) is 0 Å². The third kappa shape index (κ3) is 3.37. The van der Waals surface area contributed by atoms with Crippen molar-refractivity contribution in [2.24, 2.45) is 0 Å². The van der Waals surface area contributed by atoms with Crippen LogP contribution < -0.4 is 5.32 Å². The zero-order valence-corrected chi connectivity index (χ0v) is 13.6.